The minimum Gasteiger partial charge on any atom is -0.390 e. The molecule has 1 amide bonds. The molecular formula is C16H23N7O2. The van der Waals surface area contributed by atoms with Crippen molar-refractivity contribution in [2.75, 3.05) is 26.2 Å². The zero-order valence-corrected chi connectivity index (χ0v) is 14.3. The summed E-state index contributed by atoms with van der Waals surface area (Å²) in [6, 6.07) is 1.85. The molecule has 1 aliphatic carbocycles. The Balaban J connectivity index is 1.40. The molecule has 1 saturated heterocycles. The van der Waals surface area contributed by atoms with Crippen molar-refractivity contribution in [1.82, 2.24) is 35.2 Å². The summed E-state index contributed by atoms with van der Waals surface area (Å²) in [7, 11) is 0. The monoisotopic (exact) mass is 345 g/mol. The van der Waals surface area contributed by atoms with E-state index in [-0.39, 0.29) is 5.91 Å². The summed E-state index contributed by atoms with van der Waals surface area (Å²) in [5.74, 6) is 1.87. The first-order valence-corrected chi connectivity index (χ1v) is 8.71. The Morgan fingerprint density at radius 2 is 2.12 bits per heavy atom. The molecule has 4 rings (SSSR count). The number of aliphatic hydroxyl groups excluding tert-OH is 1. The molecule has 9 nitrogen and oxygen atoms in total. The van der Waals surface area contributed by atoms with Gasteiger partial charge in [0.2, 0.25) is 0 Å². The summed E-state index contributed by atoms with van der Waals surface area (Å²) in [5.41, 5.74) is 1.48. The summed E-state index contributed by atoms with van der Waals surface area (Å²) in [6.07, 6.45) is 1.72. The second-order valence-electron chi connectivity index (χ2n) is 6.96. The van der Waals surface area contributed by atoms with Crippen molar-refractivity contribution in [3.05, 3.63) is 29.1 Å². The van der Waals surface area contributed by atoms with E-state index in [1.807, 2.05) is 13.0 Å². The quantitative estimate of drug-likeness (QED) is 0.720. The van der Waals surface area contributed by atoms with Gasteiger partial charge in [-0.15, -0.1) is 0 Å². The van der Waals surface area contributed by atoms with Crippen LogP contribution in [0.5, 0.6) is 0 Å². The Morgan fingerprint density at radius 1 is 1.28 bits per heavy atom. The number of aryl methyl sites for hydroxylation is 1. The zero-order valence-electron chi connectivity index (χ0n) is 14.3. The summed E-state index contributed by atoms with van der Waals surface area (Å²) in [4.78, 5) is 20.8. The zero-order chi connectivity index (χ0) is 17.4. The molecule has 0 bridgehead atoms. The van der Waals surface area contributed by atoms with Gasteiger partial charge < -0.3 is 10.0 Å². The summed E-state index contributed by atoms with van der Waals surface area (Å²) < 4.78 is 0. The molecule has 2 fully saturated rings. The van der Waals surface area contributed by atoms with E-state index in [1.165, 1.54) is 0 Å². The van der Waals surface area contributed by atoms with Gasteiger partial charge in [0.05, 0.1) is 12.6 Å². The van der Waals surface area contributed by atoms with Crippen molar-refractivity contribution >= 4 is 5.91 Å². The number of hydrogen-bond donors (Lipinski definition) is 3. The number of amides is 1. The van der Waals surface area contributed by atoms with Crippen molar-refractivity contribution < 1.29 is 9.90 Å². The van der Waals surface area contributed by atoms with Gasteiger partial charge in [0, 0.05) is 37.8 Å². The first-order chi connectivity index (χ1) is 12.1. The van der Waals surface area contributed by atoms with Gasteiger partial charge in [-0.2, -0.15) is 10.2 Å². The number of aliphatic hydroxyl groups is 1. The Kier molecular flexibility index (Phi) is 4.26. The lowest BCUT2D eigenvalue weighted by molar-refractivity contribution is 0.0657. The number of β-amino-alcohol motifs (C(OH)–C–C–N with tert-alkyl or cyclic N) is 1. The fourth-order valence-corrected chi connectivity index (χ4v) is 3.25. The van der Waals surface area contributed by atoms with Gasteiger partial charge in [0.15, 0.2) is 5.82 Å². The Labute approximate surface area is 145 Å². The van der Waals surface area contributed by atoms with Gasteiger partial charge in [-0.1, -0.05) is 0 Å². The lowest BCUT2D eigenvalue weighted by Crippen LogP contribution is -2.37. The number of carbonyl (C=O) groups excluding carboxylic acids is 1. The summed E-state index contributed by atoms with van der Waals surface area (Å²) >= 11 is 0. The van der Waals surface area contributed by atoms with Crippen LogP contribution in [-0.2, 0) is 6.54 Å². The predicted molar refractivity (Wildman–Crippen MR) is 88.9 cm³/mol. The van der Waals surface area contributed by atoms with Gasteiger partial charge in [0.25, 0.3) is 5.91 Å². The highest BCUT2D eigenvalue weighted by Crippen LogP contribution is 2.39. The number of nitrogens with one attached hydrogen (secondary N) is 2. The Morgan fingerprint density at radius 3 is 2.84 bits per heavy atom. The smallest absolute Gasteiger partial charge is 0.274 e. The fourth-order valence-electron chi connectivity index (χ4n) is 3.25. The highest BCUT2D eigenvalue weighted by molar-refractivity contribution is 5.92. The van der Waals surface area contributed by atoms with Gasteiger partial charge in [-0.25, -0.2) is 4.98 Å². The van der Waals surface area contributed by atoms with Crippen molar-refractivity contribution in [2.45, 2.75) is 38.3 Å². The van der Waals surface area contributed by atoms with Gasteiger partial charge in [0.1, 0.15) is 11.5 Å². The largest absolute Gasteiger partial charge is 0.390 e. The van der Waals surface area contributed by atoms with E-state index < -0.39 is 6.10 Å². The van der Waals surface area contributed by atoms with E-state index in [1.54, 1.807) is 4.90 Å². The van der Waals surface area contributed by atoms with Gasteiger partial charge >= 0.3 is 0 Å². The Bertz CT molecular complexity index is 751. The number of aromatic amines is 2. The standard InChI is InChI=1S/C16H23N7O2/c1-10-17-15(21-18-10)9-22-4-5-23(8-12(24)7-22)16(25)14-6-13(19-20-14)11-2-3-11/h6,11-12,24H,2-5,7-9H2,1H3,(H,19,20)(H,17,18,21)/t12-/m1/s1. The summed E-state index contributed by atoms with van der Waals surface area (Å²) in [6.45, 7) is 4.42. The van der Waals surface area contributed by atoms with Crippen molar-refractivity contribution in [3.63, 3.8) is 0 Å². The third kappa shape index (κ3) is 3.72. The average molecular weight is 345 g/mol. The van der Waals surface area contributed by atoms with Gasteiger partial charge in [-0.05, 0) is 25.8 Å². The van der Waals surface area contributed by atoms with Crippen LogP contribution in [0.1, 0.15) is 46.6 Å². The molecule has 3 N–H and O–H groups in total. The molecule has 2 aromatic heterocycles. The SMILES string of the molecule is Cc1nc(CN2CCN(C(=O)c3cc(C4CC4)[nH]n3)C[C@H](O)C2)n[nH]1. The molecule has 9 heteroatoms. The van der Waals surface area contributed by atoms with Crippen LogP contribution in [0, 0.1) is 6.92 Å². The first kappa shape index (κ1) is 16.2. The van der Waals surface area contributed by atoms with Crippen LogP contribution >= 0.6 is 0 Å². The molecule has 0 radical (unpaired) electrons. The van der Waals surface area contributed by atoms with E-state index in [2.05, 4.69) is 30.3 Å². The van der Waals surface area contributed by atoms with E-state index in [9.17, 15) is 9.90 Å². The van der Waals surface area contributed by atoms with Crippen LogP contribution in [0.4, 0.5) is 0 Å². The van der Waals surface area contributed by atoms with Crippen molar-refractivity contribution in [2.24, 2.45) is 0 Å². The third-order valence-electron chi connectivity index (χ3n) is 4.72. The van der Waals surface area contributed by atoms with E-state index >= 15 is 0 Å². The normalized spacial score (nSPS) is 22.2. The van der Waals surface area contributed by atoms with Crippen molar-refractivity contribution in [1.29, 1.82) is 0 Å². The summed E-state index contributed by atoms with van der Waals surface area (Å²) in [5, 5.41) is 24.4. The third-order valence-corrected chi connectivity index (χ3v) is 4.72. The lowest BCUT2D eigenvalue weighted by Gasteiger charge is -2.20. The number of aromatic nitrogens is 5. The number of hydrogen-bond acceptors (Lipinski definition) is 6. The molecular weight excluding hydrogens is 322 g/mol. The van der Waals surface area contributed by atoms with Crippen LogP contribution in [0.25, 0.3) is 0 Å². The highest BCUT2D eigenvalue weighted by atomic mass is 16.3. The van der Waals surface area contributed by atoms with Crippen LogP contribution in [-0.4, -0.2) is 78.5 Å². The highest BCUT2D eigenvalue weighted by Gasteiger charge is 2.30. The molecule has 3 heterocycles. The fraction of sp³-hybridized carbons (Fsp3) is 0.625. The molecule has 0 aromatic carbocycles. The van der Waals surface area contributed by atoms with Gasteiger partial charge in [-0.3, -0.25) is 19.9 Å². The minimum absolute atomic E-state index is 0.127. The molecule has 2 aromatic rings. The number of H-pyrrole nitrogens is 2. The van der Waals surface area contributed by atoms with Crippen LogP contribution in [0.15, 0.2) is 6.07 Å². The van der Waals surface area contributed by atoms with Crippen LogP contribution in [0.2, 0.25) is 0 Å². The maximum absolute atomic E-state index is 12.7. The van der Waals surface area contributed by atoms with E-state index in [0.717, 1.165) is 24.4 Å². The maximum Gasteiger partial charge on any atom is 0.274 e. The predicted octanol–water partition coefficient (Wildman–Crippen LogP) is 0.0325. The average Bonchev–Trinajstić information content (AvgIpc) is 3.22. The first-order valence-electron chi connectivity index (χ1n) is 8.71. The number of rotatable bonds is 4. The molecule has 25 heavy (non-hydrogen) atoms. The molecule has 2 aliphatic rings. The minimum atomic E-state index is -0.603. The van der Waals surface area contributed by atoms with Crippen molar-refractivity contribution in [3.8, 4) is 0 Å². The maximum atomic E-state index is 12.7. The number of nitrogens with zero attached hydrogens (tertiary/aromatic N) is 5. The second kappa shape index (κ2) is 6.57. The van der Waals surface area contributed by atoms with Crippen LogP contribution < -0.4 is 0 Å². The topological polar surface area (TPSA) is 114 Å². The molecule has 134 valence electrons. The Hall–Kier alpha value is -2.26. The number of carbonyl (C=O) groups is 1. The second-order valence-corrected chi connectivity index (χ2v) is 6.96. The molecule has 1 saturated carbocycles. The van der Waals surface area contributed by atoms with E-state index in [4.69, 9.17) is 0 Å². The lowest BCUT2D eigenvalue weighted by atomic mass is 10.2. The van der Waals surface area contributed by atoms with Crippen LogP contribution in [0.3, 0.4) is 0 Å². The molecule has 1 aliphatic heterocycles. The molecule has 0 spiro atoms. The molecule has 0 unspecified atom stereocenters. The van der Waals surface area contributed by atoms with E-state index in [0.29, 0.717) is 50.2 Å². The molecule has 1 atom stereocenters.